The fraction of sp³-hybridized carbons (Fsp3) is 1.00. The predicted octanol–water partition coefficient (Wildman–Crippen LogP) is 1.51. The molecule has 1 aliphatic carbocycles. The summed E-state index contributed by atoms with van der Waals surface area (Å²) in [5.74, 6) is 0.896. The highest BCUT2D eigenvalue weighted by molar-refractivity contribution is 7.89. The molecule has 1 fully saturated rings. The Morgan fingerprint density at radius 3 is 2.54 bits per heavy atom. The molecule has 0 radical (unpaired) electrons. The average molecular weight is 205 g/mol. The second kappa shape index (κ2) is 4.96. The van der Waals surface area contributed by atoms with E-state index in [0.717, 1.165) is 12.8 Å². The third kappa shape index (κ3) is 4.09. The first-order valence-corrected chi connectivity index (χ1v) is 6.76. The van der Waals surface area contributed by atoms with Crippen LogP contribution in [0.3, 0.4) is 0 Å². The van der Waals surface area contributed by atoms with E-state index in [1.165, 1.54) is 19.3 Å². The molecule has 0 aromatic carbocycles. The minimum Gasteiger partial charge on any atom is -0.215 e. The van der Waals surface area contributed by atoms with Gasteiger partial charge in [-0.25, -0.2) is 13.1 Å². The zero-order valence-electron chi connectivity index (χ0n) is 8.25. The Morgan fingerprint density at radius 2 is 2.08 bits per heavy atom. The van der Waals surface area contributed by atoms with E-state index >= 15 is 0 Å². The lowest BCUT2D eigenvalue weighted by Crippen LogP contribution is -2.33. The Kier molecular flexibility index (Phi) is 4.19. The maximum atomic E-state index is 11.3. The lowest BCUT2D eigenvalue weighted by molar-refractivity contribution is 0.316. The van der Waals surface area contributed by atoms with Gasteiger partial charge in [0.2, 0.25) is 10.0 Å². The van der Waals surface area contributed by atoms with Crippen molar-refractivity contribution in [1.29, 1.82) is 0 Å². The molecule has 3 nitrogen and oxygen atoms in total. The smallest absolute Gasteiger partial charge is 0.211 e. The van der Waals surface area contributed by atoms with Gasteiger partial charge in [-0.1, -0.05) is 19.8 Å². The molecule has 4 heteroatoms. The predicted molar refractivity (Wildman–Crippen MR) is 54.0 cm³/mol. The van der Waals surface area contributed by atoms with Crippen LogP contribution in [0.15, 0.2) is 0 Å². The Balaban J connectivity index is 2.17. The van der Waals surface area contributed by atoms with Crippen molar-refractivity contribution < 1.29 is 8.42 Å². The third-order valence-electron chi connectivity index (χ3n) is 2.58. The van der Waals surface area contributed by atoms with Crippen molar-refractivity contribution in [2.45, 2.75) is 39.0 Å². The molecule has 0 atom stereocenters. The van der Waals surface area contributed by atoms with Gasteiger partial charge in [-0.2, -0.15) is 0 Å². The largest absolute Gasteiger partial charge is 0.215 e. The molecule has 0 aromatic rings. The van der Waals surface area contributed by atoms with Crippen LogP contribution >= 0.6 is 0 Å². The summed E-state index contributed by atoms with van der Waals surface area (Å²) in [5.41, 5.74) is 0. The van der Waals surface area contributed by atoms with Crippen LogP contribution in [-0.2, 0) is 10.0 Å². The van der Waals surface area contributed by atoms with Gasteiger partial charge in [-0.3, -0.25) is 0 Å². The molecular formula is C9H19NO2S. The van der Waals surface area contributed by atoms with Crippen molar-refractivity contribution in [2.24, 2.45) is 5.92 Å². The zero-order valence-corrected chi connectivity index (χ0v) is 9.07. The number of hydrogen-bond donors (Lipinski definition) is 1. The van der Waals surface area contributed by atoms with Crippen LogP contribution in [0.5, 0.6) is 0 Å². The van der Waals surface area contributed by atoms with E-state index < -0.39 is 10.0 Å². The summed E-state index contributed by atoms with van der Waals surface area (Å²) in [6.07, 6.45) is 5.35. The maximum absolute atomic E-state index is 11.3. The van der Waals surface area contributed by atoms with Gasteiger partial charge in [-0.05, 0) is 25.2 Å². The highest BCUT2D eigenvalue weighted by atomic mass is 32.2. The van der Waals surface area contributed by atoms with Gasteiger partial charge in [0.1, 0.15) is 0 Å². The molecule has 0 spiro atoms. The number of sulfonamides is 1. The molecule has 0 amide bonds. The van der Waals surface area contributed by atoms with Crippen molar-refractivity contribution in [1.82, 2.24) is 4.72 Å². The van der Waals surface area contributed by atoms with Crippen LogP contribution in [0.25, 0.3) is 0 Å². The van der Waals surface area contributed by atoms with Crippen molar-refractivity contribution in [3.63, 3.8) is 0 Å². The summed E-state index contributed by atoms with van der Waals surface area (Å²) in [6, 6.07) is 0. The summed E-state index contributed by atoms with van der Waals surface area (Å²) in [5, 5.41) is 0. The minimum atomic E-state index is -2.97. The summed E-state index contributed by atoms with van der Waals surface area (Å²) in [6.45, 7) is 2.66. The molecule has 1 N–H and O–H groups in total. The van der Waals surface area contributed by atoms with E-state index in [-0.39, 0.29) is 5.75 Å². The SMILES string of the molecule is CCCCS(=O)(=O)NCC1CCC1. The van der Waals surface area contributed by atoms with Gasteiger partial charge in [0, 0.05) is 6.54 Å². The average Bonchev–Trinajstić information content (AvgIpc) is 1.98. The van der Waals surface area contributed by atoms with Crippen molar-refractivity contribution in [3.8, 4) is 0 Å². The lowest BCUT2D eigenvalue weighted by atomic mass is 9.86. The Hall–Kier alpha value is -0.0900. The lowest BCUT2D eigenvalue weighted by Gasteiger charge is -2.25. The Bertz CT molecular complexity index is 232. The van der Waals surface area contributed by atoms with Crippen LogP contribution in [-0.4, -0.2) is 20.7 Å². The van der Waals surface area contributed by atoms with Gasteiger partial charge in [-0.15, -0.1) is 0 Å². The van der Waals surface area contributed by atoms with Crippen LogP contribution in [0, 0.1) is 5.92 Å². The van der Waals surface area contributed by atoms with E-state index in [4.69, 9.17) is 0 Å². The quantitative estimate of drug-likeness (QED) is 0.714. The zero-order chi connectivity index (χ0) is 9.73. The summed E-state index contributed by atoms with van der Waals surface area (Å²) in [4.78, 5) is 0. The van der Waals surface area contributed by atoms with Crippen molar-refractivity contribution in [2.75, 3.05) is 12.3 Å². The second-order valence-electron chi connectivity index (χ2n) is 3.82. The molecule has 0 aliphatic heterocycles. The minimum absolute atomic E-state index is 0.288. The first-order valence-electron chi connectivity index (χ1n) is 5.11. The highest BCUT2D eigenvalue weighted by Gasteiger charge is 2.19. The Labute approximate surface area is 81.0 Å². The molecular weight excluding hydrogens is 186 g/mol. The molecule has 78 valence electrons. The van der Waals surface area contributed by atoms with E-state index in [1.54, 1.807) is 0 Å². The summed E-state index contributed by atoms with van der Waals surface area (Å²) >= 11 is 0. The topological polar surface area (TPSA) is 46.2 Å². The van der Waals surface area contributed by atoms with E-state index in [9.17, 15) is 8.42 Å². The number of rotatable bonds is 6. The summed E-state index contributed by atoms with van der Waals surface area (Å²) < 4.78 is 25.3. The maximum Gasteiger partial charge on any atom is 0.211 e. The number of unbranched alkanes of at least 4 members (excludes halogenated alkanes) is 1. The molecule has 0 aromatic heterocycles. The van der Waals surface area contributed by atoms with Crippen molar-refractivity contribution in [3.05, 3.63) is 0 Å². The van der Waals surface area contributed by atoms with Gasteiger partial charge in [0.25, 0.3) is 0 Å². The van der Waals surface area contributed by atoms with Gasteiger partial charge in [0.15, 0.2) is 0 Å². The molecule has 0 saturated heterocycles. The number of hydrogen-bond acceptors (Lipinski definition) is 2. The molecule has 0 bridgehead atoms. The number of nitrogens with one attached hydrogen (secondary N) is 1. The first-order chi connectivity index (χ1) is 6.14. The molecule has 0 unspecified atom stereocenters. The fourth-order valence-corrected chi connectivity index (χ4v) is 2.65. The summed E-state index contributed by atoms with van der Waals surface area (Å²) in [7, 11) is -2.97. The normalized spacial score (nSPS) is 18.5. The van der Waals surface area contributed by atoms with Crippen LogP contribution in [0.4, 0.5) is 0 Å². The monoisotopic (exact) mass is 205 g/mol. The Morgan fingerprint density at radius 1 is 1.38 bits per heavy atom. The first kappa shape index (κ1) is 11.0. The highest BCUT2D eigenvalue weighted by Crippen LogP contribution is 2.25. The molecule has 1 aliphatic rings. The van der Waals surface area contributed by atoms with Crippen LogP contribution in [0.1, 0.15) is 39.0 Å². The fourth-order valence-electron chi connectivity index (χ4n) is 1.35. The van der Waals surface area contributed by atoms with Crippen LogP contribution in [0.2, 0.25) is 0 Å². The van der Waals surface area contributed by atoms with Crippen molar-refractivity contribution >= 4 is 10.0 Å². The third-order valence-corrected chi connectivity index (χ3v) is 4.02. The van der Waals surface area contributed by atoms with E-state index in [0.29, 0.717) is 12.5 Å². The standard InChI is InChI=1S/C9H19NO2S/c1-2-3-7-13(11,12)10-8-9-5-4-6-9/h9-10H,2-8H2,1H3. The van der Waals surface area contributed by atoms with Gasteiger partial charge in [0.05, 0.1) is 5.75 Å². The van der Waals surface area contributed by atoms with Gasteiger partial charge < -0.3 is 0 Å². The molecule has 13 heavy (non-hydrogen) atoms. The second-order valence-corrected chi connectivity index (χ2v) is 5.74. The molecule has 1 saturated carbocycles. The van der Waals surface area contributed by atoms with Gasteiger partial charge >= 0.3 is 0 Å². The van der Waals surface area contributed by atoms with E-state index in [1.807, 2.05) is 6.92 Å². The molecule has 0 heterocycles. The van der Waals surface area contributed by atoms with E-state index in [2.05, 4.69) is 4.72 Å². The molecule has 1 rings (SSSR count). The van der Waals surface area contributed by atoms with Crippen LogP contribution < -0.4 is 4.72 Å².